The van der Waals surface area contributed by atoms with Gasteiger partial charge in [0.15, 0.2) is 0 Å². The van der Waals surface area contributed by atoms with Crippen molar-refractivity contribution in [3.05, 3.63) is 0 Å². The van der Waals surface area contributed by atoms with E-state index in [2.05, 4.69) is 5.32 Å². The van der Waals surface area contributed by atoms with Gasteiger partial charge >= 0.3 is 0 Å². The monoisotopic (exact) mass is 171 g/mol. The molecule has 2 heterocycles. The summed E-state index contributed by atoms with van der Waals surface area (Å²) in [6.07, 6.45) is 4.74. The predicted octanol–water partition coefficient (Wildman–Crippen LogP) is 0.280. The second-order valence-electron chi connectivity index (χ2n) is 3.85. The lowest BCUT2D eigenvalue weighted by atomic mass is 9.90. The Labute approximate surface area is 73.1 Å². The van der Waals surface area contributed by atoms with Crippen molar-refractivity contribution in [2.75, 3.05) is 19.8 Å². The summed E-state index contributed by atoms with van der Waals surface area (Å²) in [4.78, 5) is 0. The van der Waals surface area contributed by atoms with Gasteiger partial charge in [-0.15, -0.1) is 0 Å². The van der Waals surface area contributed by atoms with Crippen molar-refractivity contribution in [2.24, 2.45) is 0 Å². The fourth-order valence-corrected chi connectivity index (χ4v) is 2.35. The van der Waals surface area contributed by atoms with Crippen molar-refractivity contribution in [2.45, 2.75) is 37.3 Å². The van der Waals surface area contributed by atoms with E-state index in [9.17, 15) is 5.11 Å². The van der Waals surface area contributed by atoms with Crippen molar-refractivity contribution in [1.29, 1.82) is 0 Å². The van der Waals surface area contributed by atoms with Gasteiger partial charge in [0.1, 0.15) is 0 Å². The number of ether oxygens (including phenoxy) is 1. The molecule has 3 nitrogen and oxygen atoms in total. The van der Waals surface area contributed by atoms with E-state index in [1.54, 1.807) is 0 Å². The number of aliphatic hydroxyl groups is 1. The lowest BCUT2D eigenvalue weighted by Crippen LogP contribution is -2.53. The van der Waals surface area contributed by atoms with Crippen LogP contribution in [0.1, 0.15) is 25.7 Å². The molecule has 2 unspecified atom stereocenters. The Morgan fingerprint density at radius 2 is 2.42 bits per heavy atom. The predicted molar refractivity (Wildman–Crippen MR) is 46.0 cm³/mol. The van der Waals surface area contributed by atoms with Crippen LogP contribution >= 0.6 is 0 Å². The summed E-state index contributed by atoms with van der Waals surface area (Å²) < 4.78 is 5.61. The summed E-state index contributed by atoms with van der Waals surface area (Å²) in [6, 6.07) is 0. The molecular weight excluding hydrogens is 154 g/mol. The first-order valence-electron chi connectivity index (χ1n) is 4.85. The van der Waals surface area contributed by atoms with Crippen molar-refractivity contribution in [1.82, 2.24) is 5.32 Å². The molecule has 2 rings (SSSR count). The molecule has 0 aromatic rings. The van der Waals surface area contributed by atoms with Crippen LogP contribution < -0.4 is 5.32 Å². The molecule has 2 saturated heterocycles. The molecule has 2 aliphatic heterocycles. The Morgan fingerprint density at radius 3 is 2.92 bits per heavy atom. The minimum absolute atomic E-state index is 0.101. The van der Waals surface area contributed by atoms with E-state index in [-0.39, 0.29) is 18.2 Å². The van der Waals surface area contributed by atoms with Crippen LogP contribution in [-0.4, -0.2) is 36.5 Å². The molecule has 0 spiro atoms. The van der Waals surface area contributed by atoms with E-state index < -0.39 is 0 Å². The summed E-state index contributed by atoms with van der Waals surface area (Å²) in [5.74, 6) is 0. The highest BCUT2D eigenvalue weighted by Crippen LogP contribution is 2.30. The average Bonchev–Trinajstić information content (AvgIpc) is 2.76. The lowest BCUT2D eigenvalue weighted by molar-refractivity contribution is 0.00715. The molecule has 0 aromatic carbocycles. The van der Waals surface area contributed by atoms with Gasteiger partial charge in [0.05, 0.1) is 18.2 Å². The van der Waals surface area contributed by atoms with E-state index in [1.807, 2.05) is 0 Å². The van der Waals surface area contributed by atoms with Crippen LogP contribution in [0.25, 0.3) is 0 Å². The normalized spacial score (nSPS) is 42.2. The zero-order valence-electron chi connectivity index (χ0n) is 7.38. The van der Waals surface area contributed by atoms with Crippen LogP contribution in [0.5, 0.6) is 0 Å². The SMILES string of the molecule is OCC1(C2CCCO2)CCCN1. The van der Waals surface area contributed by atoms with Crippen molar-refractivity contribution in [3.63, 3.8) is 0 Å². The molecule has 2 fully saturated rings. The maximum atomic E-state index is 9.33. The first-order chi connectivity index (χ1) is 5.87. The number of hydrogen-bond donors (Lipinski definition) is 2. The number of hydrogen-bond acceptors (Lipinski definition) is 3. The van der Waals surface area contributed by atoms with Crippen LogP contribution in [0, 0.1) is 0 Å². The second-order valence-corrected chi connectivity index (χ2v) is 3.85. The van der Waals surface area contributed by atoms with Crippen LogP contribution in [-0.2, 0) is 4.74 Å². The van der Waals surface area contributed by atoms with Crippen LogP contribution in [0.15, 0.2) is 0 Å². The molecule has 70 valence electrons. The Bertz CT molecular complexity index is 149. The molecule has 0 aromatic heterocycles. The minimum atomic E-state index is -0.101. The lowest BCUT2D eigenvalue weighted by Gasteiger charge is -2.32. The topological polar surface area (TPSA) is 41.5 Å². The zero-order chi connectivity index (χ0) is 8.44. The molecule has 3 heteroatoms. The van der Waals surface area contributed by atoms with E-state index in [4.69, 9.17) is 4.74 Å². The van der Waals surface area contributed by atoms with E-state index in [0.29, 0.717) is 0 Å². The molecular formula is C9H17NO2. The van der Waals surface area contributed by atoms with E-state index in [1.165, 1.54) is 6.42 Å². The van der Waals surface area contributed by atoms with Gasteiger partial charge in [-0.2, -0.15) is 0 Å². The Morgan fingerprint density at radius 1 is 1.50 bits per heavy atom. The quantitative estimate of drug-likeness (QED) is 0.627. The van der Waals surface area contributed by atoms with Crippen LogP contribution in [0.3, 0.4) is 0 Å². The standard InChI is InChI=1S/C9H17NO2/c11-7-9(4-2-5-10-9)8-3-1-6-12-8/h8,10-11H,1-7H2. The largest absolute Gasteiger partial charge is 0.394 e. The summed E-state index contributed by atoms with van der Waals surface area (Å²) in [5, 5.41) is 12.7. The van der Waals surface area contributed by atoms with Gasteiger partial charge in [-0.1, -0.05) is 0 Å². The third-order valence-corrected chi connectivity index (χ3v) is 3.10. The minimum Gasteiger partial charge on any atom is -0.394 e. The van der Waals surface area contributed by atoms with Crippen LogP contribution in [0.4, 0.5) is 0 Å². The molecule has 0 bridgehead atoms. The van der Waals surface area contributed by atoms with Gasteiger partial charge in [0.25, 0.3) is 0 Å². The van der Waals surface area contributed by atoms with Crippen molar-refractivity contribution < 1.29 is 9.84 Å². The Hall–Kier alpha value is -0.120. The Kier molecular flexibility index (Phi) is 2.35. The van der Waals surface area contributed by atoms with Gasteiger partial charge in [-0.05, 0) is 32.2 Å². The van der Waals surface area contributed by atoms with E-state index >= 15 is 0 Å². The summed E-state index contributed by atoms with van der Waals surface area (Å²) in [6.45, 7) is 2.12. The van der Waals surface area contributed by atoms with Gasteiger partial charge in [0, 0.05) is 6.61 Å². The van der Waals surface area contributed by atoms with Gasteiger partial charge in [0.2, 0.25) is 0 Å². The second kappa shape index (κ2) is 3.32. The number of aliphatic hydroxyl groups excluding tert-OH is 1. The molecule has 2 N–H and O–H groups in total. The summed E-state index contributed by atoms with van der Waals surface area (Å²) in [7, 11) is 0. The molecule has 2 aliphatic rings. The molecule has 0 saturated carbocycles. The third-order valence-electron chi connectivity index (χ3n) is 3.10. The molecule has 0 radical (unpaired) electrons. The number of nitrogens with one attached hydrogen (secondary N) is 1. The molecule has 12 heavy (non-hydrogen) atoms. The highest BCUT2D eigenvalue weighted by molar-refractivity contribution is 5.00. The third kappa shape index (κ3) is 1.26. The molecule has 0 aliphatic carbocycles. The Balaban J connectivity index is 2.04. The first-order valence-corrected chi connectivity index (χ1v) is 4.85. The van der Waals surface area contributed by atoms with Gasteiger partial charge in [-0.3, -0.25) is 0 Å². The molecule has 0 amide bonds. The smallest absolute Gasteiger partial charge is 0.0779 e. The number of rotatable bonds is 2. The zero-order valence-corrected chi connectivity index (χ0v) is 7.38. The van der Waals surface area contributed by atoms with Crippen molar-refractivity contribution >= 4 is 0 Å². The first kappa shape index (κ1) is 8.48. The molecule has 2 atom stereocenters. The highest BCUT2D eigenvalue weighted by Gasteiger charge is 2.42. The van der Waals surface area contributed by atoms with E-state index in [0.717, 1.165) is 32.4 Å². The summed E-state index contributed by atoms with van der Waals surface area (Å²) in [5.41, 5.74) is -0.101. The highest BCUT2D eigenvalue weighted by atomic mass is 16.5. The van der Waals surface area contributed by atoms with Gasteiger partial charge in [-0.25, -0.2) is 0 Å². The maximum Gasteiger partial charge on any atom is 0.0779 e. The fourth-order valence-electron chi connectivity index (χ4n) is 2.35. The van der Waals surface area contributed by atoms with Crippen LogP contribution in [0.2, 0.25) is 0 Å². The maximum absolute atomic E-state index is 9.33. The van der Waals surface area contributed by atoms with Gasteiger partial charge < -0.3 is 15.2 Å². The average molecular weight is 171 g/mol. The summed E-state index contributed by atoms with van der Waals surface area (Å²) >= 11 is 0. The fraction of sp³-hybridized carbons (Fsp3) is 1.00. The van der Waals surface area contributed by atoms with Crippen molar-refractivity contribution in [3.8, 4) is 0 Å².